The summed E-state index contributed by atoms with van der Waals surface area (Å²) in [6, 6.07) is 9.82. The Morgan fingerprint density at radius 2 is 2.05 bits per heavy atom. The summed E-state index contributed by atoms with van der Waals surface area (Å²) in [5.74, 6) is 2.27. The predicted octanol–water partition coefficient (Wildman–Crippen LogP) is 3.87. The monoisotopic (exact) mass is 375 g/mol. The molecule has 0 aliphatic heterocycles. The van der Waals surface area contributed by atoms with Crippen molar-refractivity contribution in [1.29, 1.82) is 0 Å². The molecule has 0 radical (unpaired) electrons. The van der Waals surface area contributed by atoms with Gasteiger partial charge in [-0.3, -0.25) is 0 Å². The SMILES string of the molecule is SCCNc1cc2ncnc(Nc3cccc(Br)c3)c2cn1. The van der Waals surface area contributed by atoms with Crippen molar-refractivity contribution in [2.75, 3.05) is 22.9 Å². The Labute approximate surface area is 142 Å². The van der Waals surface area contributed by atoms with Crippen molar-refractivity contribution in [2.24, 2.45) is 0 Å². The third-order valence-corrected chi connectivity index (χ3v) is 3.74. The van der Waals surface area contributed by atoms with E-state index in [-0.39, 0.29) is 0 Å². The second kappa shape index (κ2) is 6.93. The number of benzene rings is 1. The highest BCUT2D eigenvalue weighted by Gasteiger charge is 2.06. The third kappa shape index (κ3) is 3.48. The van der Waals surface area contributed by atoms with E-state index in [9.17, 15) is 0 Å². The highest BCUT2D eigenvalue weighted by molar-refractivity contribution is 9.10. The van der Waals surface area contributed by atoms with Gasteiger partial charge in [0.2, 0.25) is 0 Å². The van der Waals surface area contributed by atoms with Crippen LogP contribution in [0.3, 0.4) is 0 Å². The molecule has 2 heterocycles. The van der Waals surface area contributed by atoms with Crippen LogP contribution in [0.5, 0.6) is 0 Å². The van der Waals surface area contributed by atoms with Gasteiger partial charge in [0.1, 0.15) is 18.0 Å². The molecule has 0 aliphatic carbocycles. The Hall–Kier alpha value is -1.86. The van der Waals surface area contributed by atoms with Crippen molar-refractivity contribution >= 4 is 56.8 Å². The van der Waals surface area contributed by atoms with Gasteiger partial charge in [0.25, 0.3) is 0 Å². The van der Waals surface area contributed by atoms with E-state index < -0.39 is 0 Å². The van der Waals surface area contributed by atoms with Gasteiger partial charge in [-0.05, 0) is 18.2 Å². The molecular weight excluding hydrogens is 362 g/mol. The molecule has 22 heavy (non-hydrogen) atoms. The third-order valence-electron chi connectivity index (χ3n) is 3.03. The number of anilines is 3. The number of halogens is 1. The van der Waals surface area contributed by atoms with Crippen LogP contribution >= 0.6 is 28.6 Å². The maximum Gasteiger partial charge on any atom is 0.143 e. The van der Waals surface area contributed by atoms with Crippen LogP contribution in [-0.2, 0) is 0 Å². The molecule has 112 valence electrons. The molecule has 0 spiro atoms. The molecule has 0 fully saturated rings. The Morgan fingerprint density at radius 3 is 2.86 bits per heavy atom. The smallest absolute Gasteiger partial charge is 0.143 e. The standard InChI is InChI=1S/C15H14BrN5S/c16-10-2-1-3-11(6-10)21-15-12-8-18-14(17-4-5-22)7-13(12)19-9-20-15/h1-3,6-9,22H,4-5H2,(H,17,18)(H,19,20,21). The maximum atomic E-state index is 4.39. The van der Waals surface area contributed by atoms with Crippen LogP contribution in [0.1, 0.15) is 0 Å². The van der Waals surface area contributed by atoms with Gasteiger partial charge in [-0.25, -0.2) is 15.0 Å². The van der Waals surface area contributed by atoms with Crippen molar-refractivity contribution in [3.05, 3.63) is 47.3 Å². The van der Waals surface area contributed by atoms with Gasteiger partial charge in [-0.15, -0.1) is 0 Å². The van der Waals surface area contributed by atoms with E-state index >= 15 is 0 Å². The van der Waals surface area contributed by atoms with Crippen LogP contribution < -0.4 is 10.6 Å². The highest BCUT2D eigenvalue weighted by Crippen LogP contribution is 2.25. The lowest BCUT2D eigenvalue weighted by Crippen LogP contribution is -2.04. The topological polar surface area (TPSA) is 62.7 Å². The average Bonchev–Trinajstić information content (AvgIpc) is 2.53. The molecule has 0 amide bonds. The Morgan fingerprint density at radius 1 is 1.14 bits per heavy atom. The summed E-state index contributed by atoms with van der Waals surface area (Å²) in [4.78, 5) is 13.0. The fourth-order valence-electron chi connectivity index (χ4n) is 2.04. The molecule has 7 heteroatoms. The van der Waals surface area contributed by atoms with Gasteiger partial charge in [0.05, 0.1) is 10.9 Å². The van der Waals surface area contributed by atoms with Gasteiger partial charge < -0.3 is 10.6 Å². The van der Waals surface area contributed by atoms with E-state index in [1.807, 2.05) is 30.3 Å². The number of pyridine rings is 1. The first-order valence-electron chi connectivity index (χ1n) is 6.74. The molecule has 0 aliphatic rings. The summed E-state index contributed by atoms with van der Waals surface area (Å²) in [5, 5.41) is 7.36. The number of nitrogens with zero attached hydrogens (tertiary/aromatic N) is 3. The zero-order valence-corrected chi connectivity index (χ0v) is 14.1. The molecule has 0 saturated carbocycles. The maximum absolute atomic E-state index is 4.39. The molecule has 3 aromatic rings. The normalized spacial score (nSPS) is 10.6. The Balaban J connectivity index is 1.93. The van der Waals surface area contributed by atoms with E-state index in [0.29, 0.717) is 0 Å². The number of hydrogen-bond donors (Lipinski definition) is 3. The summed E-state index contributed by atoms with van der Waals surface area (Å²) in [7, 11) is 0. The zero-order valence-electron chi connectivity index (χ0n) is 11.6. The molecule has 0 atom stereocenters. The number of fused-ring (bicyclic) bond motifs is 1. The summed E-state index contributed by atoms with van der Waals surface area (Å²) in [5.41, 5.74) is 1.79. The van der Waals surface area contributed by atoms with Crippen molar-refractivity contribution < 1.29 is 0 Å². The van der Waals surface area contributed by atoms with Gasteiger partial charge in [-0.1, -0.05) is 22.0 Å². The van der Waals surface area contributed by atoms with Crippen molar-refractivity contribution in [3.63, 3.8) is 0 Å². The fraction of sp³-hybridized carbons (Fsp3) is 0.133. The molecule has 0 saturated heterocycles. The summed E-state index contributed by atoms with van der Waals surface area (Å²) in [6.07, 6.45) is 3.32. The minimum Gasteiger partial charge on any atom is -0.369 e. The summed E-state index contributed by atoms with van der Waals surface area (Å²) < 4.78 is 1.01. The second-order valence-corrected chi connectivity index (χ2v) is 5.96. The number of hydrogen-bond acceptors (Lipinski definition) is 6. The number of rotatable bonds is 5. The first kappa shape index (κ1) is 15.1. The van der Waals surface area contributed by atoms with E-state index in [2.05, 4.69) is 54.1 Å². The van der Waals surface area contributed by atoms with Crippen molar-refractivity contribution in [1.82, 2.24) is 15.0 Å². The number of aromatic nitrogens is 3. The van der Waals surface area contributed by atoms with E-state index in [1.165, 1.54) is 0 Å². The zero-order chi connectivity index (χ0) is 15.4. The van der Waals surface area contributed by atoms with Crippen LogP contribution in [0.4, 0.5) is 17.3 Å². The lowest BCUT2D eigenvalue weighted by molar-refractivity contribution is 1.16. The van der Waals surface area contributed by atoms with Crippen molar-refractivity contribution in [3.8, 4) is 0 Å². The minimum atomic E-state index is 0.733. The summed E-state index contributed by atoms with van der Waals surface area (Å²) >= 11 is 7.63. The fourth-order valence-corrected chi connectivity index (χ4v) is 2.55. The molecule has 5 nitrogen and oxygen atoms in total. The Kier molecular flexibility index (Phi) is 4.74. The van der Waals surface area contributed by atoms with Gasteiger partial charge in [-0.2, -0.15) is 12.6 Å². The average molecular weight is 376 g/mol. The molecule has 0 unspecified atom stereocenters. The number of thiol groups is 1. The van der Waals surface area contributed by atoms with Gasteiger partial charge >= 0.3 is 0 Å². The van der Waals surface area contributed by atoms with Crippen LogP contribution in [0.15, 0.2) is 47.3 Å². The molecule has 2 N–H and O–H groups in total. The lowest BCUT2D eigenvalue weighted by Gasteiger charge is -2.09. The first-order valence-corrected chi connectivity index (χ1v) is 8.17. The largest absolute Gasteiger partial charge is 0.369 e. The van der Waals surface area contributed by atoms with Gasteiger partial charge in [0.15, 0.2) is 0 Å². The van der Waals surface area contributed by atoms with Crippen LogP contribution in [-0.4, -0.2) is 27.2 Å². The molecular formula is C15H14BrN5S. The van der Waals surface area contributed by atoms with Crippen LogP contribution in [0.25, 0.3) is 10.9 Å². The quantitative estimate of drug-likeness (QED) is 0.590. The summed E-state index contributed by atoms with van der Waals surface area (Å²) in [6.45, 7) is 0.760. The molecule has 0 bridgehead atoms. The molecule has 3 rings (SSSR count). The predicted molar refractivity (Wildman–Crippen MR) is 97.1 cm³/mol. The molecule has 1 aromatic carbocycles. The van der Waals surface area contributed by atoms with E-state index in [0.717, 1.165) is 45.0 Å². The van der Waals surface area contributed by atoms with E-state index in [4.69, 9.17) is 0 Å². The number of nitrogens with one attached hydrogen (secondary N) is 2. The second-order valence-electron chi connectivity index (χ2n) is 4.59. The van der Waals surface area contributed by atoms with Crippen molar-refractivity contribution in [2.45, 2.75) is 0 Å². The van der Waals surface area contributed by atoms with Crippen LogP contribution in [0, 0.1) is 0 Å². The Bertz CT molecular complexity index is 796. The minimum absolute atomic E-state index is 0.733. The first-order chi connectivity index (χ1) is 10.8. The lowest BCUT2D eigenvalue weighted by atomic mass is 10.2. The molecule has 2 aromatic heterocycles. The van der Waals surface area contributed by atoms with E-state index in [1.54, 1.807) is 12.5 Å². The van der Waals surface area contributed by atoms with Gasteiger partial charge in [0, 0.05) is 34.7 Å². The highest BCUT2D eigenvalue weighted by atomic mass is 79.9. The van der Waals surface area contributed by atoms with Crippen LogP contribution in [0.2, 0.25) is 0 Å².